The lowest BCUT2D eigenvalue weighted by Gasteiger charge is -2.20. The number of carboxylic acid groups (broad SMARTS) is 1. The highest BCUT2D eigenvalue weighted by molar-refractivity contribution is 5.78. The number of hydrogen-bond acceptors (Lipinski definition) is 4. The molecule has 0 aliphatic carbocycles. The monoisotopic (exact) mass is 174 g/mol. The summed E-state index contributed by atoms with van der Waals surface area (Å²) in [7, 11) is 1.32. The van der Waals surface area contributed by atoms with Gasteiger partial charge in [-0.3, -0.25) is 5.01 Å². The molecule has 0 spiro atoms. The summed E-state index contributed by atoms with van der Waals surface area (Å²) < 4.78 is 4.85. The third kappa shape index (κ3) is 1.25. The average molecular weight is 174 g/mol. The van der Waals surface area contributed by atoms with Crippen LogP contribution >= 0.6 is 0 Å². The first-order valence-electron chi connectivity index (χ1n) is 3.51. The SMILES string of the molecule is COC1(C(=O)O)CCN(N=O)C1. The van der Waals surface area contributed by atoms with Crippen LogP contribution in [0.3, 0.4) is 0 Å². The van der Waals surface area contributed by atoms with Gasteiger partial charge in [0.15, 0.2) is 5.60 Å². The molecule has 1 rings (SSSR count). The number of ether oxygens (including phenoxy) is 1. The molecule has 12 heavy (non-hydrogen) atoms. The van der Waals surface area contributed by atoms with Crippen molar-refractivity contribution < 1.29 is 14.6 Å². The van der Waals surface area contributed by atoms with Gasteiger partial charge in [0, 0.05) is 20.1 Å². The van der Waals surface area contributed by atoms with Gasteiger partial charge in [-0.2, -0.15) is 0 Å². The molecular weight excluding hydrogens is 164 g/mol. The zero-order chi connectivity index (χ0) is 9.19. The van der Waals surface area contributed by atoms with E-state index in [4.69, 9.17) is 9.84 Å². The molecule has 1 saturated heterocycles. The number of nitrogens with zero attached hydrogens (tertiary/aromatic N) is 2. The third-order valence-corrected chi connectivity index (χ3v) is 2.11. The molecule has 6 heteroatoms. The molecular formula is C6H10N2O4. The Balaban J connectivity index is 2.72. The fourth-order valence-electron chi connectivity index (χ4n) is 1.26. The molecule has 0 aromatic heterocycles. The minimum absolute atomic E-state index is 0.0301. The molecule has 1 unspecified atom stereocenters. The van der Waals surface area contributed by atoms with E-state index in [1.54, 1.807) is 0 Å². The van der Waals surface area contributed by atoms with Gasteiger partial charge in [0.2, 0.25) is 0 Å². The summed E-state index contributed by atoms with van der Waals surface area (Å²) in [6.07, 6.45) is 0.296. The van der Waals surface area contributed by atoms with E-state index in [2.05, 4.69) is 5.29 Å². The summed E-state index contributed by atoms with van der Waals surface area (Å²) >= 11 is 0. The zero-order valence-electron chi connectivity index (χ0n) is 6.69. The van der Waals surface area contributed by atoms with Crippen molar-refractivity contribution in [3.63, 3.8) is 0 Å². The van der Waals surface area contributed by atoms with E-state index in [-0.39, 0.29) is 6.54 Å². The summed E-state index contributed by atoms with van der Waals surface area (Å²) in [5.41, 5.74) is -1.24. The summed E-state index contributed by atoms with van der Waals surface area (Å²) in [6.45, 7) is 0.367. The van der Waals surface area contributed by atoms with Gasteiger partial charge in [-0.25, -0.2) is 4.79 Å². The van der Waals surface area contributed by atoms with Crippen LogP contribution in [-0.2, 0) is 9.53 Å². The number of nitroso groups, excluding NO2 is 1. The molecule has 1 fully saturated rings. The highest BCUT2D eigenvalue weighted by Crippen LogP contribution is 2.24. The second-order valence-corrected chi connectivity index (χ2v) is 2.72. The van der Waals surface area contributed by atoms with Crippen molar-refractivity contribution in [1.29, 1.82) is 0 Å². The third-order valence-electron chi connectivity index (χ3n) is 2.11. The maximum atomic E-state index is 10.7. The molecule has 1 aliphatic heterocycles. The number of rotatable bonds is 3. The van der Waals surface area contributed by atoms with E-state index in [1.165, 1.54) is 7.11 Å². The normalized spacial score (nSPS) is 28.9. The Morgan fingerprint density at radius 1 is 1.75 bits per heavy atom. The van der Waals surface area contributed by atoms with Crippen molar-refractivity contribution in [2.45, 2.75) is 12.0 Å². The van der Waals surface area contributed by atoms with Gasteiger partial charge in [-0.1, -0.05) is 0 Å². The van der Waals surface area contributed by atoms with Crippen LogP contribution < -0.4 is 0 Å². The standard InChI is InChI=1S/C6H10N2O4/c1-12-6(5(9)10)2-3-8(4-6)7-11/h2-4H2,1H3,(H,9,10). The van der Waals surface area contributed by atoms with E-state index in [9.17, 15) is 9.70 Å². The summed E-state index contributed by atoms with van der Waals surface area (Å²) in [5, 5.41) is 12.6. The minimum Gasteiger partial charge on any atom is -0.479 e. The molecule has 68 valence electrons. The van der Waals surface area contributed by atoms with Crippen molar-refractivity contribution >= 4 is 5.97 Å². The van der Waals surface area contributed by atoms with Crippen LogP contribution in [-0.4, -0.2) is 41.9 Å². The Kier molecular flexibility index (Phi) is 2.27. The van der Waals surface area contributed by atoms with E-state index >= 15 is 0 Å². The van der Waals surface area contributed by atoms with E-state index in [1.807, 2.05) is 0 Å². The molecule has 1 heterocycles. The topological polar surface area (TPSA) is 79.2 Å². The van der Waals surface area contributed by atoms with Gasteiger partial charge in [0.1, 0.15) is 0 Å². The second kappa shape index (κ2) is 3.06. The Morgan fingerprint density at radius 3 is 2.67 bits per heavy atom. The van der Waals surface area contributed by atoms with E-state index in [0.29, 0.717) is 13.0 Å². The van der Waals surface area contributed by atoms with Crippen LogP contribution in [0.2, 0.25) is 0 Å². The largest absolute Gasteiger partial charge is 0.479 e. The molecule has 0 saturated carbocycles. The van der Waals surface area contributed by atoms with Crippen molar-refractivity contribution in [3.05, 3.63) is 4.91 Å². The van der Waals surface area contributed by atoms with Crippen molar-refractivity contribution in [3.8, 4) is 0 Å². The van der Waals surface area contributed by atoms with Gasteiger partial charge in [-0.15, -0.1) is 4.91 Å². The molecule has 0 radical (unpaired) electrons. The highest BCUT2D eigenvalue weighted by atomic mass is 16.5. The fraction of sp³-hybridized carbons (Fsp3) is 0.833. The van der Waals surface area contributed by atoms with Gasteiger partial charge in [-0.05, 0) is 0 Å². The number of carboxylic acids is 1. The van der Waals surface area contributed by atoms with E-state index < -0.39 is 11.6 Å². The maximum absolute atomic E-state index is 10.7. The predicted octanol–water partition coefficient (Wildman–Crippen LogP) is -0.157. The van der Waals surface area contributed by atoms with Gasteiger partial charge < -0.3 is 9.84 Å². The molecule has 0 aromatic rings. The number of aliphatic carboxylic acids is 1. The smallest absolute Gasteiger partial charge is 0.337 e. The van der Waals surface area contributed by atoms with Crippen molar-refractivity contribution in [2.75, 3.05) is 20.2 Å². The average Bonchev–Trinajstić information content (AvgIpc) is 2.48. The molecule has 0 amide bonds. The first kappa shape index (κ1) is 8.92. The summed E-state index contributed by atoms with van der Waals surface area (Å²) in [5.74, 6) is -1.05. The van der Waals surface area contributed by atoms with Crippen molar-refractivity contribution in [1.82, 2.24) is 5.01 Å². The van der Waals surface area contributed by atoms with Crippen LogP contribution in [0.15, 0.2) is 5.29 Å². The lowest BCUT2D eigenvalue weighted by Crippen LogP contribution is -2.42. The lowest BCUT2D eigenvalue weighted by atomic mass is 10.0. The van der Waals surface area contributed by atoms with Gasteiger partial charge >= 0.3 is 5.97 Å². The fourth-order valence-corrected chi connectivity index (χ4v) is 1.26. The number of carbonyl (C=O) groups is 1. The van der Waals surface area contributed by atoms with Crippen molar-refractivity contribution in [2.24, 2.45) is 5.29 Å². The first-order valence-corrected chi connectivity index (χ1v) is 3.51. The Morgan fingerprint density at radius 2 is 2.42 bits per heavy atom. The molecule has 1 aliphatic rings. The van der Waals surface area contributed by atoms with Crippen LogP contribution in [0.1, 0.15) is 6.42 Å². The Bertz CT molecular complexity index is 208. The minimum atomic E-state index is -1.24. The van der Waals surface area contributed by atoms with Crippen LogP contribution in [0, 0.1) is 4.91 Å². The quantitative estimate of drug-likeness (QED) is 0.601. The van der Waals surface area contributed by atoms with E-state index in [0.717, 1.165) is 5.01 Å². The van der Waals surface area contributed by atoms with Crippen LogP contribution in [0.25, 0.3) is 0 Å². The molecule has 1 N–H and O–H groups in total. The van der Waals surface area contributed by atoms with Gasteiger partial charge in [0.25, 0.3) is 0 Å². The second-order valence-electron chi connectivity index (χ2n) is 2.72. The number of methoxy groups -OCH3 is 1. The molecule has 1 atom stereocenters. The molecule has 6 nitrogen and oxygen atoms in total. The molecule has 0 aromatic carbocycles. The first-order chi connectivity index (χ1) is 5.64. The Hall–Kier alpha value is -1.17. The predicted molar refractivity (Wildman–Crippen MR) is 39.4 cm³/mol. The molecule has 0 bridgehead atoms. The summed E-state index contributed by atoms with van der Waals surface area (Å²) in [6, 6.07) is 0. The zero-order valence-corrected chi connectivity index (χ0v) is 6.69. The maximum Gasteiger partial charge on any atom is 0.337 e. The summed E-state index contributed by atoms with van der Waals surface area (Å²) in [4.78, 5) is 20.8. The highest BCUT2D eigenvalue weighted by Gasteiger charge is 2.45. The van der Waals surface area contributed by atoms with Crippen LogP contribution in [0.4, 0.5) is 0 Å². The lowest BCUT2D eigenvalue weighted by molar-refractivity contribution is -0.160. The Labute approximate surface area is 69.1 Å². The van der Waals surface area contributed by atoms with Crippen LogP contribution in [0.5, 0.6) is 0 Å². The number of hydrogen-bond donors (Lipinski definition) is 1. The van der Waals surface area contributed by atoms with Gasteiger partial charge in [0.05, 0.1) is 11.8 Å².